The van der Waals surface area contributed by atoms with Crippen molar-refractivity contribution in [2.75, 3.05) is 39.7 Å². The number of anilines is 1. The van der Waals surface area contributed by atoms with E-state index in [0.717, 1.165) is 44.1 Å². The molecule has 0 atom stereocenters. The molecule has 2 rings (SSSR count). The number of carbonyl (C=O) groups excluding carboxylic acids is 2. The van der Waals surface area contributed by atoms with E-state index in [4.69, 9.17) is 0 Å². The van der Waals surface area contributed by atoms with Gasteiger partial charge < -0.3 is 25.0 Å². The third-order valence-electron chi connectivity index (χ3n) is 4.42. The van der Waals surface area contributed by atoms with Crippen LogP contribution in [0.3, 0.4) is 0 Å². The van der Waals surface area contributed by atoms with Crippen LogP contribution < -0.4 is 10.6 Å². The number of hydrogen-bond donors (Lipinski definition) is 2. The molecule has 142 valence electrons. The van der Waals surface area contributed by atoms with Crippen LogP contribution in [0.5, 0.6) is 0 Å². The molecule has 0 bridgehead atoms. The largest absolute Gasteiger partial charge is 0.466 e. The summed E-state index contributed by atoms with van der Waals surface area (Å²) in [5.74, 6) is -1.26. The van der Waals surface area contributed by atoms with Crippen molar-refractivity contribution in [3.63, 3.8) is 0 Å². The predicted molar refractivity (Wildman–Crippen MR) is 99.5 cm³/mol. The third kappa shape index (κ3) is 6.16. The Kier molecular flexibility index (Phi) is 7.62. The molecule has 1 heterocycles. The van der Waals surface area contributed by atoms with Crippen molar-refractivity contribution >= 4 is 17.6 Å². The van der Waals surface area contributed by atoms with Gasteiger partial charge in [0.1, 0.15) is 5.70 Å². The van der Waals surface area contributed by atoms with Gasteiger partial charge >= 0.3 is 11.9 Å². The van der Waals surface area contributed by atoms with Gasteiger partial charge in [-0.15, -0.1) is 0 Å². The monoisotopic (exact) mass is 361 g/mol. The van der Waals surface area contributed by atoms with Gasteiger partial charge in [0.05, 0.1) is 20.3 Å². The lowest BCUT2D eigenvalue weighted by Crippen LogP contribution is -2.40. The minimum absolute atomic E-state index is 0.0246. The van der Waals surface area contributed by atoms with E-state index >= 15 is 0 Å². The number of methoxy groups -OCH3 is 2. The molecule has 0 aromatic heterocycles. The van der Waals surface area contributed by atoms with Gasteiger partial charge in [-0.25, -0.2) is 9.59 Å². The molecule has 0 unspecified atom stereocenters. The standard InChI is InChI=1S/C19H27N3O4/c1-22-10-8-15(9-11-22)20-13-14-4-6-16(7-5-14)21-17(19(24)26-3)12-18(23)25-2/h4-7,12,15,20-21H,8-11,13H2,1-3H3/b17-12+. The quantitative estimate of drug-likeness (QED) is 0.563. The first-order valence-electron chi connectivity index (χ1n) is 8.67. The van der Waals surface area contributed by atoms with Crippen LogP contribution in [0.15, 0.2) is 36.0 Å². The van der Waals surface area contributed by atoms with Crippen molar-refractivity contribution in [1.82, 2.24) is 10.2 Å². The van der Waals surface area contributed by atoms with Gasteiger partial charge in [-0.1, -0.05) is 12.1 Å². The second-order valence-electron chi connectivity index (χ2n) is 6.35. The fourth-order valence-electron chi connectivity index (χ4n) is 2.77. The van der Waals surface area contributed by atoms with E-state index in [1.54, 1.807) is 0 Å². The Bertz CT molecular complexity index is 635. The smallest absolute Gasteiger partial charge is 0.354 e. The SMILES string of the molecule is COC(=O)/C=C(/Nc1ccc(CNC2CCN(C)CC2)cc1)C(=O)OC. The van der Waals surface area contributed by atoms with Crippen LogP contribution in [0.1, 0.15) is 18.4 Å². The lowest BCUT2D eigenvalue weighted by atomic mass is 10.1. The van der Waals surface area contributed by atoms with Crippen LogP contribution in [-0.4, -0.2) is 57.2 Å². The van der Waals surface area contributed by atoms with E-state index < -0.39 is 11.9 Å². The number of esters is 2. The Morgan fingerprint density at radius 2 is 1.81 bits per heavy atom. The van der Waals surface area contributed by atoms with Crippen molar-refractivity contribution in [2.45, 2.75) is 25.4 Å². The molecule has 1 saturated heterocycles. The van der Waals surface area contributed by atoms with Crippen LogP contribution in [0.25, 0.3) is 0 Å². The topological polar surface area (TPSA) is 79.9 Å². The zero-order valence-corrected chi connectivity index (χ0v) is 15.6. The minimum Gasteiger partial charge on any atom is -0.466 e. The first-order valence-corrected chi connectivity index (χ1v) is 8.67. The number of hydrogen-bond acceptors (Lipinski definition) is 7. The summed E-state index contributed by atoms with van der Waals surface area (Å²) in [6.07, 6.45) is 3.40. The molecule has 2 N–H and O–H groups in total. The van der Waals surface area contributed by atoms with Gasteiger partial charge in [0.15, 0.2) is 0 Å². The van der Waals surface area contributed by atoms with Crippen LogP contribution in [0, 0.1) is 0 Å². The maximum atomic E-state index is 11.8. The van der Waals surface area contributed by atoms with Gasteiger partial charge in [0.2, 0.25) is 0 Å². The molecule has 1 aromatic rings. The summed E-state index contributed by atoms with van der Waals surface area (Å²) in [6.45, 7) is 3.06. The fourth-order valence-corrected chi connectivity index (χ4v) is 2.77. The second kappa shape index (κ2) is 9.94. The summed E-state index contributed by atoms with van der Waals surface area (Å²) in [6, 6.07) is 8.24. The number of benzene rings is 1. The van der Waals surface area contributed by atoms with E-state index in [1.165, 1.54) is 14.2 Å². The number of nitrogens with zero attached hydrogens (tertiary/aromatic N) is 1. The molecule has 1 fully saturated rings. The summed E-state index contributed by atoms with van der Waals surface area (Å²) >= 11 is 0. The van der Waals surface area contributed by atoms with E-state index in [0.29, 0.717) is 11.7 Å². The number of carbonyl (C=O) groups is 2. The number of piperidine rings is 1. The van der Waals surface area contributed by atoms with Crippen molar-refractivity contribution in [1.29, 1.82) is 0 Å². The van der Waals surface area contributed by atoms with Crippen molar-refractivity contribution in [3.05, 3.63) is 41.6 Å². The van der Waals surface area contributed by atoms with Gasteiger partial charge in [-0.3, -0.25) is 0 Å². The maximum Gasteiger partial charge on any atom is 0.354 e. The van der Waals surface area contributed by atoms with Crippen molar-refractivity contribution < 1.29 is 19.1 Å². The molecule has 0 aliphatic carbocycles. The first kappa shape index (κ1) is 19.9. The zero-order chi connectivity index (χ0) is 18.9. The average molecular weight is 361 g/mol. The molecule has 0 spiro atoms. The van der Waals surface area contributed by atoms with E-state index in [2.05, 4.69) is 32.1 Å². The van der Waals surface area contributed by atoms with Gasteiger partial charge in [-0.05, 0) is 50.7 Å². The van der Waals surface area contributed by atoms with E-state index in [9.17, 15) is 9.59 Å². The molecular formula is C19H27N3O4. The van der Waals surface area contributed by atoms with Crippen LogP contribution in [0.4, 0.5) is 5.69 Å². The highest BCUT2D eigenvalue weighted by Crippen LogP contribution is 2.14. The average Bonchev–Trinajstić information content (AvgIpc) is 2.67. The molecule has 0 saturated carbocycles. The summed E-state index contributed by atoms with van der Waals surface area (Å²) < 4.78 is 9.23. The molecule has 1 aromatic carbocycles. The molecular weight excluding hydrogens is 334 g/mol. The number of rotatable bonds is 7. The van der Waals surface area contributed by atoms with Gasteiger partial charge in [0.25, 0.3) is 0 Å². The Morgan fingerprint density at radius 3 is 2.38 bits per heavy atom. The first-order chi connectivity index (χ1) is 12.5. The molecule has 0 amide bonds. The Hall–Kier alpha value is -2.38. The van der Waals surface area contributed by atoms with Crippen molar-refractivity contribution in [3.8, 4) is 0 Å². The molecule has 7 heteroatoms. The van der Waals surface area contributed by atoms with Gasteiger partial charge in [0, 0.05) is 18.3 Å². The summed E-state index contributed by atoms with van der Waals surface area (Å²) in [5.41, 5.74) is 1.87. The third-order valence-corrected chi connectivity index (χ3v) is 4.42. The van der Waals surface area contributed by atoms with Gasteiger partial charge in [-0.2, -0.15) is 0 Å². The summed E-state index contributed by atoms with van der Waals surface area (Å²) in [4.78, 5) is 25.5. The lowest BCUT2D eigenvalue weighted by molar-refractivity contribution is -0.138. The van der Waals surface area contributed by atoms with E-state index in [1.807, 2.05) is 24.3 Å². The fraction of sp³-hybridized carbons (Fsp3) is 0.474. The summed E-state index contributed by atoms with van der Waals surface area (Å²) in [5, 5.41) is 6.48. The Morgan fingerprint density at radius 1 is 1.15 bits per heavy atom. The zero-order valence-electron chi connectivity index (χ0n) is 15.6. The molecule has 7 nitrogen and oxygen atoms in total. The number of nitrogens with one attached hydrogen (secondary N) is 2. The minimum atomic E-state index is -0.636. The Balaban J connectivity index is 1.92. The molecule has 0 radical (unpaired) electrons. The normalized spacial score (nSPS) is 16.2. The lowest BCUT2D eigenvalue weighted by Gasteiger charge is -2.29. The van der Waals surface area contributed by atoms with Crippen LogP contribution in [-0.2, 0) is 25.6 Å². The number of likely N-dealkylation sites (tertiary alicyclic amines) is 1. The highest BCUT2D eigenvalue weighted by molar-refractivity contribution is 5.98. The highest BCUT2D eigenvalue weighted by Gasteiger charge is 2.16. The molecule has 26 heavy (non-hydrogen) atoms. The van der Waals surface area contributed by atoms with Crippen molar-refractivity contribution in [2.24, 2.45) is 0 Å². The van der Waals surface area contributed by atoms with E-state index in [-0.39, 0.29) is 5.70 Å². The highest BCUT2D eigenvalue weighted by atomic mass is 16.5. The Labute approximate surface area is 154 Å². The van der Waals surface area contributed by atoms with Crippen LogP contribution in [0.2, 0.25) is 0 Å². The maximum absolute atomic E-state index is 11.8. The van der Waals surface area contributed by atoms with Crippen LogP contribution >= 0.6 is 0 Å². The summed E-state index contributed by atoms with van der Waals surface area (Å²) in [7, 11) is 4.66. The second-order valence-corrected chi connectivity index (χ2v) is 6.35. The predicted octanol–water partition coefficient (Wildman–Crippen LogP) is 1.51. The molecule has 1 aliphatic rings. The number of ether oxygens (including phenoxy) is 2. The molecule has 1 aliphatic heterocycles.